The van der Waals surface area contributed by atoms with Crippen LogP contribution in [0.2, 0.25) is 0 Å². The number of pyridine rings is 1. The minimum absolute atomic E-state index is 0.0844. The lowest BCUT2D eigenvalue weighted by atomic mass is 10.0. The minimum Gasteiger partial charge on any atom is -0.484 e. The van der Waals surface area contributed by atoms with Crippen molar-refractivity contribution in [1.82, 2.24) is 10.3 Å². The summed E-state index contributed by atoms with van der Waals surface area (Å²) in [6.07, 6.45) is 1.77. The number of thiocarbonyl (C=S) groups is 1. The van der Waals surface area contributed by atoms with E-state index in [1.165, 1.54) is 0 Å². The highest BCUT2D eigenvalue weighted by Crippen LogP contribution is 2.43. The summed E-state index contributed by atoms with van der Waals surface area (Å²) in [5.74, 6) is 1.91. The predicted octanol–water partition coefficient (Wildman–Crippen LogP) is 7.30. The third-order valence-electron chi connectivity index (χ3n) is 6.69. The Kier molecular flexibility index (Phi) is 7.80. The van der Waals surface area contributed by atoms with Gasteiger partial charge in [-0.1, -0.05) is 52.3 Å². The first-order valence-electron chi connectivity index (χ1n) is 13.0. The van der Waals surface area contributed by atoms with E-state index in [0.717, 1.165) is 32.9 Å². The van der Waals surface area contributed by atoms with Crippen LogP contribution in [0.15, 0.2) is 124 Å². The number of hydrogen-bond donors (Lipinski definition) is 2. The number of rotatable bonds is 8. The predicted molar refractivity (Wildman–Crippen MR) is 167 cm³/mol. The van der Waals surface area contributed by atoms with Gasteiger partial charge in [0.2, 0.25) is 0 Å². The molecule has 2 aromatic heterocycles. The van der Waals surface area contributed by atoms with Crippen molar-refractivity contribution in [2.24, 2.45) is 0 Å². The molecule has 0 radical (unpaired) electrons. The van der Waals surface area contributed by atoms with Crippen molar-refractivity contribution in [2.45, 2.75) is 12.1 Å². The standard InChI is InChI=1S/C32H25BrN4O3S/c33-22-11-9-21(10-12-22)27-17-18-28(40-27)31-30(26-8-4-5-19-34-26)36-32(41)37(31)24-15-13-23(14-16-24)35-29(38)20-39-25-6-2-1-3-7-25/h1-19,30-31H,20H2,(H,35,38)(H,36,41). The van der Waals surface area contributed by atoms with Gasteiger partial charge in [-0.25, -0.2) is 0 Å². The molecule has 6 rings (SSSR count). The van der Waals surface area contributed by atoms with E-state index in [-0.39, 0.29) is 24.6 Å². The number of aromatic nitrogens is 1. The van der Waals surface area contributed by atoms with Crippen molar-refractivity contribution in [3.63, 3.8) is 0 Å². The number of carbonyl (C=O) groups excluding carboxylic acids is 1. The molecule has 2 unspecified atom stereocenters. The van der Waals surface area contributed by atoms with E-state index in [1.807, 2.05) is 114 Å². The van der Waals surface area contributed by atoms with Crippen molar-refractivity contribution < 1.29 is 13.9 Å². The molecule has 204 valence electrons. The Hall–Kier alpha value is -4.47. The van der Waals surface area contributed by atoms with Crippen LogP contribution in [0.4, 0.5) is 11.4 Å². The highest BCUT2D eigenvalue weighted by atomic mass is 79.9. The van der Waals surface area contributed by atoms with Crippen LogP contribution in [-0.2, 0) is 4.79 Å². The van der Waals surface area contributed by atoms with Crippen molar-refractivity contribution in [3.05, 3.63) is 131 Å². The van der Waals surface area contributed by atoms with Gasteiger partial charge in [0, 0.05) is 27.6 Å². The van der Waals surface area contributed by atoms with E-state index in [1.54, 1.807) is 6.20 Å². The van der Waals surface area contributed by atoms with Crippen LogP contribution in [0.5, 0.6) is 5.75 Å². The quantitative estimate of drug-likeness (QED) is 0.175. The number of anilines is 2. The molecule has 3 aromatic carbocycles. The summed E-state index contributed by atoms with van der Waals surface area (Å²) >= 11 is 9.32. The van der Waals surface area contributed by atoms with Gasteiger partial charge in [-0.2, -0.15) is 0 Å². The molecule has 41 heavy (non-hydrogen) atoms. The Morgan fingerprint density at radius 2 is 1.71 bits per heavy atom. The Morgan fingerprint density at radius 3 is 2.44 bits per heavy atom. The smallest absolute Gasteiger partial charge is 0.262 e. The first-order valence-corrected chi connectivity index (χ1v) is 14.2. The summed E-state index contributed by atoms with van der Waals surface area (Å²) in [5.41, 5.74) is 3.34. The number of nitrogens with one attached hydrogen (secondary N) is 2. The summed E-state index contributed by atoms with van der Waals surface area (Å²) in [6, 6.07) is 34.0. The second-order valence-corrected chi connectivity index (χ2v) is 10.7. The fourth-order valence-electron chi connectivity index (χ4n) is 4.77. The van der Waals surface area contributed by atoms with Crippen LogP contribution in [0, 0.1) is 0 Å². The molecule has 1 aliphatic heterocycles. The summed E-state index contributed by atoms with van der Waals surface area (Å²) in [6.45, 7) is -0.0844. The second-order valence-electron chi connectivity index (χ2n) is 9.40. The topological polar surface area (TPSA) is 79.6 Å². The summed E-state index contributed by atoms with van der Waals surface area (Å²) in [7, 11) is 0. The number of nitrogens with zero attached hydrogens (tertiary/aromatic N) is 2. The van der Waals surface area contributed by atoms with Crippen LogP contribution in [0.3, 0.4) is 0 Å². The van der Waals surface area contributed by atoms with Gasteiger partial charge in [0.15, 0.2) is 11.7 Å². The third-order valence-corrected chi connectivity index (χ3v) is 7.53. The second kappa shape index (κ2) is 12.0. The highest BCUT2D eigenvalue weighted by molar-refractivity contribution is 9.10. The average molecular weight is 626 g/mol. The van der Waals surface area contributed by atoms with Crippen molar-refractivity contribution in [3.8, 4) is 17.1 Å². The first kappa shape index (κ1) is 26.7. The lowest BCUT2D eigenvalue weighted by Gasteiger charge is -2.26. The number of benzene rings is 3. The van der Waals surface area contributed by atoms with Crippen LogP contribution in [0.1, 0.15) is 23.5 Å². The average Bonchev–Trinajstić information content (AvgIpc) is 3.63. The van der Waals surface area contributed by atoms with Gasteiger partial charge in [-0.15, -0.1) is 0 Å². The largest absolute Gasteiger partial charge is 0.484 e. The van der Waals surface area contributed by atoms with Gasteiger partial charge >= 0.3 is 0 Å². The summed E-state index contributed by atoms with van der Waals surface area (Å²) in [4.78, 5) is 19.1. The zero-order chi connectivity index (χ0) is 28.2. The first-order chi connectivity index (χ1) is 20.0. The molecular weight excluding hydrogens is 600 g/mol. The number of carbonyl (C=O) groups is 1. The molecule has 1 fully saturated rings. The molecule has 3 heterocycles. The van der Waals surface area contributed by atoms with Gasteiger partial charge in [0.1, 0.15) is 23.3 Å². The Balaban J connectivity index is 1.25. The number of ether oxygens (including phenoxy) is 1. The number of hydrogen-bond acceptors (Lipinski definition) is 5. The summed E-state index contributed by atoms with van der Waals surface area (Å²) < 4.78 is 13.0. The lowest BCUT2D eigenvalue weighted by molar-refractivity contribution is -0.118. The number of amides is 1. The third kappa shape index (κ3) is 6.01. The van der Waals surface area contributed by atoms with E-state index in [0.29, 0.717) is 16.5 Å². The van der Waals surface area contributed by atoms with Gasteiger partial charge in [-0.3, -0.25) is 9.78 Å². The monoisotopic (exact) mass is 624 g/mol. The van der Waals surface area contributed by atoms with Gasteiger partial charge in [0.25, 0.3) is 5.91 Å². The molecule has 0 saturated carbocycles. The van der Waals surface area contributed by atoms with Crippen molar-refractivity contribution >= 4 is 50.5 Å². The van der Waals surface area contributed by atoms with Crippen LogP contribution in [0.25, 0.3) is 11.3 Å². The highest BCUT2D eigenvalue weighted by Gasteiger charge is 2.42. The SMILES string of the molecule is O=C(COc1ccccc1)Nc1ccc(N2C(=S)NC(c3ccccn3)C2c2ccc(-c3ccc(Br)cc3)o2)cc1. The lowest BCUT2D eigenvalue weighted by Crippen LogP contribution is -2.29. The molecule has 1 aliphatic rings. The van der Waals surface area contributed by atoms with Gasteiger partial charge < -0.3 is 24.7 Å². The maximum absolute atomic E-state index is 12.5. The molecule has 5 aromatic rings. The summed E-state index contributed by atoms with van der Waals surface area (Å²) in [5, 5.41) is 6.88. The fourth-order valence-corrected chi connectivity index (χ4v) is 5.38. The zero-order valence-corrected chi connectivity index (χ0v) is 24.1. The number of para-hydroxylation sites is 1. The molecule has 2 atom stereocenters. The molecule has 7 nitrogen and oxygen atoms in total. The molecule has 1 amide bonds. The van der Waals surface area contributed by atoms with Crippen LogP contribution in [-0.4, -0.2) is 22.6 Å². The maximum Gasteiger partial charge on any atom is 0.262 e. The molecule has 9 heteroatoms. The van der Waals surface area contributed by atoms with E-state index in [9.17, 15) is 4.79 Å². The molecule has 2 N–H and O–H groups in total. The molecular formula is C32H25BrN4O3S. The van der Waals surface area contributed by atoms with Crippen molar-refractivity contribution in [2.75, 3.05) is 16.8 Å². The van der Waals surface area contributed by atoms with Crippen LogP contribution >= 0.6 is 28.1 Å². The Morgan fingerprint density at radius 1 is 0.951 bits per heavy atom. The molecule has 0 spiro atoms. The Labute approximate surface area is 251 Å². The van der Waals surface area contributed by atoms with Crippen LogP contribution < -0.4 is 20.3 Å². The van der Waals surface area contributed by atoms with E-state index >= 15 is 0 Å². The molecule has 0 aliphatic carbocycles. The molecule has 0 bridgehead atoms. The number of furan rings is 1. The van der Waals surface area contributed by atoms with Gasteiger partial charge in [0.05, 0.1) is 11.7 Å². The van der Waals surface area contributed by atoms with Crippen molar-refractivity contribution in [1.29, 1.82) is 0 Å². The maximum atomic E-state index is 12.5. The van der Waals surface area contributed by atoms with Gasteiger partial charge in [-0.05, 0) is 85.0 Å². The van der Waals surface area contributed by atoms with E-state index in [2.05, 4.69) is 31.5 Å². The normalized spacial score (nSPS) is 16.3. The van der Waals surface area contributed by atoms with E-state index in [4.69, 9.17) is 21.4 Å². The molecule has 1 saturated heterocycles. The minimum atomic E-state index is -0.290. The Bertz CT molecular complexity index is 1640. The zero-order valence-electron chi connectivity index (χ0n) is 21.7. The number of halogens is 1. The fraction of sp³-hybridized carbons (Fsp3) is 0.0938. The van der Waals surface area contributed by atoms with E-state index < -0.39 is 0 Å².